The van der Waals surface area contributed by atoms with Gasteiger partial charge in [0.25, 0.3) is 0 Å². The van der Waals surface area contributed by atoms with Crippen molar-refractivity contribution in [2.75, 3.05) is 0 Å². The molecule has 0 radical (unpaired) electrons. The second kappa shape index (κ2) is 13.4. The van der Waals surface area contributed by atoms with Crippen LogP contribution >= 0.6 is 0 Å². The molecule has 3 heterocycles. The zero-order valence-corrected chi connectivity index (χ0v) is 28.2. The fraction of sp³-hybridized carbons (Fsp3) is 0.140. The summed E-state index contributed by atoms with van der Waals surface area (Å²) < 4.78 is 4.26. The maximum atomic E-state index is 4.98. The Kier molecular flexibility index (Phi) is 8.30. The molecule has 0 aliphatic heterocycles. The van der Waals surface area contributed by atoms with E-state index in [0.717, 1.165) is 68.8 Å². The van der Waals surface area contributed by atoms with Crippen molar-refractivity contribution in [2.45, 2.75) is 38.8 Å². The van der Waals surface area contributed by atoms with Crippen LogP contribution in [0.3, 0.4) is 0 Å². The highest BCUT2D eigenvalue weighted by molar-refractivity contribution is 5.81. The SMILES string of the molecule is CCCc1nc2c(C)ccnc2n1Cc1ccc(-c2ccccc2-c2nnnn2C(c2ccccc2)(c2ccccc2)c2ccccc2)cc1. The molecule has 0 aliphatic carbocycles. The molecule has 7 heteroatoms. The van der Waals surface area contributed by atoms with Gasteiger partial charge in [-0.3, -0.25) is 0 Å². The third-order valence-corrected chi connectivity index (χ3v) is 9.52. The van der Waals surface area contributed by atoms with Gasteiger partial charge in [-0.05, 0) is 68.8 Å². The van der Waals surface area contributed by atoms with Gasteiger partial charge < -0.3 is 4.57 Å². The molecule has 0 fully saturated rings. The summed E-state index contributed by atoms with van der Waals surface area (Å²) in [4.78, 5) is 9.70. The van der Waals surface area contributed by atoms with Crippen molar-refractivity contribution in [3.05, 3.63) is 185 Å². The number of aryl methyl sites for hydroxylation is 2. The normalized spacial score (nSPS) is 11.6. The van der Waals surface area contributed by atoms with Crippen molar-refractivity contribution < 1.29 is 0 Å². The number of fused-ring (bicyclic) bond motifs is 1. The quantitative estimate of drug-likeness (QED) is 0.138. The predicted octanol–water partition coefficient (Wildman–Crippen LogP) is 8.90. The van der Waals surface area contributed by atoms with Gasteiger partial charge in [-0.25, -0.2) is 14.6 Å². The second-order valence-electron chi connectivity index (χ2n) is 12.6. The minimum Gasteiger partial charge on any atom is -0.308 e. The second-order valence-corrected chi connectivity index (χ2v) is 12.6. The highest BCUT2D eigenvalue weighted by atomic mass is 15.6. The predicted molar refractivity (Wildman–Crippen MR) is 199 cm³/mol. The molecule has 244 valence electrons. The molecular weight excluding hydrogens is 615 g/mol. The Morgan fingerprint density at radius 2 is 1.22 bits per heavy atom. The average Bonchev–Trinajstić information content (AvgIpc) is 3.80. The number of tetrazole rings is 1. The Morgan fingerprint density at radius 3 is 1.82 bits per heavy atom. The third-order valence-electron chi connectivity index (χ3n) is 9.52. The molecule has 3 aromatic heterocycles. The molecule has 0 saturated heterocycles. The Hall–Kier alpha value is -6.21. The molecule has 0 unspecified atom stereocenters. The Morgan fingerprint density at radius 1 is 0.640 bits per heavy atom. The molecule has 0 saturated carbocycles. The lowest BCUT2D eigenvalue weighted by Gasteiger charge is -2.36. The van der Waals surface area contributed by atoms with E-state index in [1.807, 2.05) is 35.1 Å². The van der Waals surface area contributed by atoms with E-state index in [9.17, 15) is 0 Å². The van der Waals surface area contributed by atoms with Gasteiger partial charge in [-0.1, -0.05) is 146 Å². The fourth-order valence-electron chi connectivity index (χ4n) is 7.15. The third kappa shape index (κ3) is 5.37. The summed E-state index contributed by atoms with van der Waals surface area (Å²) in [6.07, 6.45) is 3.81. The summed E-state index contributed by atoms with van der Waals surface area (Å²) in [5.41, 5.74) is 9.69. The van der Waals surface area contributed by atoms with Crippen LogP contribution in [0, 0.1) is 6.92 Å². The van der Waals surface area contributed by atoms with Crippen LogP contribution in [0.25, 0.3) is 33.7 Å². The minimum absolute atomic E-state index is 0.678. The van der Waals surface area contributed by atoms with Crippen LogP contribution in [0.5, 0.6) is 0 Å². The highest BCUT2D eigenvalue weighted by Gasteiger charge is 2.42. The zero-order chi connectivity index (χ0) is 33.9. The van der Waals surface area contributed by atoms with Crippen LogP contribution in [0.4, 0.5) is 0 Å². The van der Waals surface area contributed by atoms with Gasteiger partial charge in [0.05, 0.1) is 6.54 Å². The van der Waals surface area contributed by atoms with Gasteiger partial charge in [0.15, 0.2) is 11.5 Å². The fourth-order valence-corrected chi connectivity index (χ4v) is 7.15. The number of hydrogen-bond acceptors (Lipinski definition) is 5. The summed E-state index contributed by atoms with van der Waals surface area (Å²) in [6.45, 7) is 5.00. The van der Waals surface area contributed by atoms with Crippen molar-refractivity contribution in [2.24, 2.45) is 0 Å². The first-order valence-corrected chi connectivity index (χ1v) is 17.1. The molecule has 5 aromatic carbocycles. The molecule has 7 nitrogen and oxygen atoms in total. The zero-order valence-electron chi connectivity index (χ0n) is 28.2. The highest BCUT2D eigenvalue weighted by Crippen LogP contribution is 2.43. The van der Waals surface area contributed by atoms with E-state index in [-0.39, 0.29) is 0 Å². The maximum Gasteiger partial charge on any atom is 0.184 e. The van der Waals surface area contributed by atoms with Crippen LogP contribution in [0.1, 0.15) is 47.0 Å². The monoisotopic (exact) mass is 651 g/mol. The first-order chi connectivity index (χ1) is 24.7. The van der Waals surface area contributed by atoms with Crippen molar-refractivity contribution >= 4 is 11.2 Å². The Balaban J connectivity index is 1.24. The van der Waals surface area contributed by atoms with E-state index in [0.29, 0.717) is 12.4 Å². The number of nitrogens with zero attached hydrogens (tertiary/aromatic N) is 7. The van der Waals surface area contributed by atoms with E-state index < -0.39 is 5.54 Å². The Labute approximate surface area is 291 Å². The van der Waals surface area contributed by atoms with E-state index in [4.69, 9.17) is 20.3 Å². The van der Waals surface area contributed by atoms with Gasteiger partial charge in [0.2, 0.25) is 0 Å². The van der Waals surface area contributed by atoms with Crippen molar-refractivity contribution in [3.8, 4) is 22.5 Å². The smallest absolute Gasteiger partial charge is 0.184 e. The number of benzene rings is 5. The van der Waals surface area contributed by atoms with Crippen molar-refractivity contribution in [3.63, 3.8) is 0 Å². The van der Waals surface area contributed by atoms with Crippen LogP contribution in [-0.2, 0) is 18.5 Å². The molecule has 0 amide bonds. The first-order valence-electron chi connectivity index (χ1n) is 17.1. The molecule has 0 spiro atoms. The van der Waals surface area contributed by atoms with Crippen LogP contribution < -0.4 is 0 Å². The lowest BCUT2D eigenvalue weighted by atomic mass is 9.77. The lowest BCUT2D eigenvalue weighted by Crippen LogP contribution is -2.39. The molecule has 0 atom stereocenters. The van der Waals surface area contributed by atoms with Crippen molar-refractivity contribution in [1.82, 2.24) is 34.7 Å². The van der Waals surface area contributed by atoms with Gasteiger partial charge in [0, 0.05) is 18.2 Å². The number of imidazole rings is 1. The molecule has 50 heavy (non-hydrogen) atoms. The standard InChI is InChI=1S/C43H37N7/c1-3-15-39-45-40-31(2)28-29-44-42(40)49(39)30-32-24-26-33(27-25-32)37-22-13-14-23-38(37)41-46-47-48-50(41)43(34-16-7-4-8-17-34,35-18-9-5-10-19-35)36-20-11-6-12-21-36/h4-14,16-29H,3,15,30H2,1-2H3. The number of pyridine rings is 1. The number of hydrogen-bond donors (Lipinski definition) is 0. The molecule has 8 rings (SSSR count). The molecule has 0 N–H and O–H groups in total. The van der Waals surface area contributed by atoms with Gasteiger partial charge in [-0.2, -0.15) is 0 Å². The summed E-state index contributed by atoms with van der Waals surface area (Å²) >= 11 is 0. The molecule has 0 bridgehead atoms. The number of rotatable bonds is 10. The topological polar surface area (TPSA) is 74.3 Å². The summed E-state index contributed by atoms with van der Waals surface area (Å²) in [5.74, 6) is 1.75. The summed E-state index contributed by atoms with van der Waals surface area (Å²) in [7, 11) is 0. The summed E-state index contributed by atoms with van der Waals surface area (Å²) in [6, 6.07) is 50.7. The lowest BCUT2D eigenvalue weighted by molar-refractivity contribution is 0.451. The van der Waals surface area contributed by atoms with Crippen LogP contribution in [0.15, 0.2) is 152 Å². The molecule has 0 aliphatic rings. The van der Waals surface area contributed by atoms with Crippen molar-refractivity contribution in [1.29, 1.82) is 0 Å². The van der Waals surface area contributed by atoms with E-state index in [1.165, 1.54) is 5.56 Å². The largest absolute Gasteiger partial charge is 0.308 e. The Bertz CT molecular complexity index is 2260. The van der Waals surface area contributed by atoms with Crippen LogP contribution in [0.2, 0.25) is 0 Å². The first kappa shape index (κ1) is 31.1. The molecular formula is C43H37N7. The van der Waals surface area contributed by atoms with E-state index in [1.54, 1.807) is 0 Å². The van der Waals surface area contributed by atoms with E-state index >= 15 is 0 Å². The maximum absolute atomic E-state index is 4.98. The average molecular weight is 652 g/mol. The van der Waals surface area contributed by atoms with Crippen LogP contribution in [-0.4, -0.2) is 34.7 Å². The van der Waals surface area contributed by atoms with E-state index in [2.05, 4.69) is 145 Å². The van der Waals surface area contributed by atoms with Gasteiger partial charge in [-0.15, -0.1) is 5.10 Å². The molecule has 8 aromatic rings. The summed E-state index contributed by atoms with van der Waals surface area (Å²) in [5, 5.41) is 13.8. The minimum atomic E-state index is -0.838. The number of aromatic nitrogens is 7. The van der Waals surface area contributed by atoms with Gasteiger partial charge in [0.1, 0.15) is 16.9 Å². The van der Waals surface area contributed by atoms with Gasteiger partial charge >= 0.3 is 0 Å².